The number of amides is 1. The summed E-state index contributed by atoms with van der Waals surface area (Å²) in [6.45, 7) is 6.03. The summed E-state index contributed by atoms with van der Waals surface area (Å²) < 4.78 is 0. The van der Waals surface area contributed by atoms with E-state index in [-0.39, 0.29) is 16.5 Å². The minimum atomic E-state index is -0.853. The number of hydrogen-bond donors (Lipinski definition) is 1. The molecule has 0 heterocycles. The van der Waals surface area contributed by atoms with Crippen molar-refractivity contribution in [3.63, 3.8) is 0 Å². The number of nitrogens with one attached hydrogen (secondary N) is 1. The molecule has 35 heavy (non-hydrogen) atoms. The molecule has 1 amide bonds. The molecule has 2 aliphatic rings. The molecular formula is C24H22Cl3N3O5. The molecule has 1 N–H and O–H groups in total. The summed E-state index contributed by atoms with van der Waals surface area (Å²) in [5.74, 6) is -1.04. The average molecular weight is 539 g/mol. The lowest BCUT2D eigenvalue weighted by Gasteiger charge is -2.39. The van der Waals surface area contributed by atoms with Gasteiger partial charge < -0.3 is 10.2 Å². The summed E-state index contributed by atoms with van der Waals surface area (Å²) in [6, 6.07) is 8.46. The van der Waals surface area contributed by atoms with E-state index in [9.17, 15) is 19.7 Å². The molecule has 2 aromatic rings. The van der Waals surface area contributed by atoms with Gasteiger partial charge in [0.1, 0.15) is 5.02 Å². The number of halogens is 3. The van der Waals surface area contributed by atoms with Crippen molar-refractivity contribution in [2.45, 2.75) is 40.0 Å². The Morgan fingerprint density at radius 2 is 1.71 bits per heavy atom. The highest BCUT2D eigenvalue weighted by atomic mass is 35.5. The molecule has 0 spiro atoms. The third kappa shape index (κ3) is 4.07. The van der Waals surface area contributed by atoms with Crippen LogP contribution in [0.4, 0.5) is 11.4 Å². The van der Waals surface area contributed by atoms with E-state index in [4.69, 9.17) is 39.6 Å². The molecule has 2 aromatic carbocycles. The van der Waals surface area contributed by atoms with Gasteiger partial charge in [-0.05, 0) is 48.6 Å². The van der Waals surface area contributed by atoms with Gasteiger partial charge in [0.25, 0.3) is 5.69 Å². The maximum atomic E-state index is 13.6. The molecule has 2 fully saturated rings. The van der Waals surface area contributed by atoms with Crippen LogP contribution in [0.1, 0.15) is 50.4 Å². The van der Waals surface area contributed by atoms with E-state index >= 15 is 0 Å². The minimum Gasteiger partial charge on any atom is -0.325 e. The van der Waals surface area contributed by atoms with E-state index in [0.29, 0.717) is 40.7 Å². The Bertz CT molecular complexity index is 1270. The molecule has 0 aromatic heterocycles. The Labute approximate surface area is 216 Å². The van der Waals surface area contributed by atoms with E-state index in [0.717, 1.165) is 6.07 Å². The van der Waals surface area contributed by atoms with Crippen LogP contribution in [0.5, 0.6) is 0 Å². The molecule has 2 bridgehead atoms. The predicted molar refractivity (Wildman–Crippen MR) is 134 cm³/mol. The first-order valence-corrected chi connectivity index (χ1v) is 11.9. The number of oxime groups is 1. The van der Waals surface area contributed by atoms with Gasteiger partial charge in [0.05, 0.1) is 21.6 Å². The summed E-state index contributed by atoms with van der Waals surface area (Å²) in [4.78, 5) is 41.8. The Morgan fingerprint density at radius 1 is 1.06 bits per heavy atom. The molecule has 0 aliphatic heterocycles. The van der Waals surface area contributed by atoms with E-state index in [2.05, 4.69) is 10.5 Å². The van der Waals surface area contributed by atoms with Crippen LogP contribution in [0.2, 0.25) is 15.1 Å². The van der Waals surface area contributed by atoms with Crippen LogP contribution in [0, 0.1) is 26.4 Å². The second-order valence-corrected chi connectivity index (χ2v) is 10.9. The van der Waals surface area contributed by atoms with Crippen molar-refractivity contribution < 1.29 is 19.3 Å². The number of hydrogen-bond acceptors (Lipinski definition) is 6. The van der Waals surface area contributed by atoms with Gasteiger partial charge in [-0.25, -0.2) is 4.79 Å². The zero-order valence-electron chi connectivity index (χ0n) is 19.2. The fourth-order valence-electron chi connectivity index (χ4n) is 5.33. The lowest BCUT2D eigenvalue weighted by Crippen LogP contribution is -2.43. The number of carbonyl (C=O) groups is 2. The maximum Gasteiger partial charge on any atom is 0.365 e. The number of anilines is 1. The number of carbonyl (C=O) groups excluding carboxylic acids is 2. The molecular weight excluding hydrogens is 517 g/mol. The largest absolute Gasteiger partial charge is 0.365 e. The average Bonchev–Trinajstić information content (AvgIpc) is 3.07. The van der Waals surface area contributed by atoms with Crippen molar-refractivity contribution in [2.75, 3.05) is 5.32 Å². The van der Waals surface area contributed by atoms with E-state index in [1.165, 1.54) is 12.1 Å². The minimum absolute atomic E-state index is 0.0525. The Balaban J connectivity index is 1.59. The van der Waals surface area contributed by atoms with Crippen LogP contribution in [-0.4, -0.2) is 22.5 Å². The number of nitrogens with zero attached hydrogens (tertiary/aromatic N) is 2. The van der Waals surface area contributed by atoms with Crippen molar-refractivity contribution in [2.24, 2.45) is 21.4 Å². The first kappa shape index (κ1) is 25.4. The molecule has 11 heteroatoms. The second-order valence-electron chi connectivity index (χ2n) is 9.67. The van der Waals surface area contributed by atoms with Gasteiger partial charge >= 0.3 is 5.97 Å². The van der Waals surface area contributed by atoms with Crippen LogP contribution in [-0.2, 0) is 9.63 Å². The smallest absolute Gasteiger partial charge is 0.325 e. The van der Waals surface area contributed by atoms with Crippen LogP contribution in [0.15, 0.2) is 41.6 Å². The Morgan fingerprint density at radius 3 is 2.34 bits per heavy atom. The van der Waals surface area contributed by atoms with Gasteiger partial charge in [0, 0.05) is 33.6 Å². The molecule has 4 rings (SSSR count). The molecule has 184 valence electrons. The molecule has 0 saturated heterocycles. The van der Waals surface area contributed by atoms with Gasteiger partial charge in [-0.3, -0.25) is 14.9 Å². The maximum absolute atomic E-state index is 13.6. The SMILES string of the molecule is CC12CCC(C(=O)Nc3cc(Cl)cc(Cl)c3)(CC1=NOC(=O)c1ccc(Cl)c([N+](=O)[O-])c1)C2(C)C. The molecule has 2 unspecified atom stereocenters. The van der Waals surface area contributed by atoms with Crippen molar-refractivity contribution >= 4 is 63.8 Å². The number of benzene rings is 2. The highest BCUT2D eigenvalue weighted by Gasteiger charge is 2.71. The van der Waals surface area contributed by atoms with Crippen molar-refractivity contribution in [3.8, 4) is 0 Å². The van der Waals surface area contributed by atoms with Crippen LogP contribution < -0.4 is 5.32 Å². The summed E-state index contributed by atoms with van der Waals surface area (Å²) in [5, 5.41) is 18.9. The highest BCUT2D eigenvalue weighted by molar-refractivity contribution is 6.35. The zero-order chi connectivity index (χ0) is 25.8. The van der Waals surface area contributed by atoms with Gasteiger partial charge in [0.15, 0.2) is 0 Å². The Kier molecular flexibility index (Phi) is 6.36. The fraction of sp³-hybridized carbons (Fsp3) is 0.375. The lowest BCUT2D eigenvalue weighted by molar-refractivity contribution is -0.384. The number of nitro groups is 1. The van der Waals surface area contributed by atoms with E-state index in [1.54, 1.807) is 18.2 Å². The van der Waals surface area contributed by atoms with E-state index < -0.39 is 32.8 Å². The highest BCUT2D eigenvalue weighted by Crippen LogP contribution is 2.71. The number of rotatable bonds is 5. The lowest BCUT2D eigenvalue weighted by atomic mass is 9.64. The Hall–Kier alpha value is -2.68. The predicted octanol–water partition coefficient (Wildman–Crippen LogP) is 6.92. The molecule has 0 radical (unpaired) electrons. The monoisotopic (exact) mass is 537 g/mol. The summed E-state index contributed by atoms with van der Waals surface area (Å²) in [5.41, 5.74) is -1.17. The quantitative estimate of drug-likeness (QED) is 0.252. The standard InChI is InChI=1S/C24H22Cl3N3O5/c1-22(2)23(3)6-7-24(22,21(32)28-16-10-14(25)9-15(26)11-16)12-19(23)29-35-20(31)13-4-5-17(27)18(8-13)30(33)34/h4-5,8-11H,6-7,12H2,1-3H3,(H,28,32). The van der Waals surface area contributed by atoms with Gasteiger partial charge in [-0.15, -0.1) is 0 Å². The van der Waals surface area contributed by atoms with Crippen LogP contribution >= 0.6 is 34.8 Å². The zero-order valence-corrected chi connectivity index (χ0v) is 21.4. The van der Waals surface area contributed by atoms with Gasteiger partial charge in [-0.2, -0.15) is 0 Å². The first-order valence-electron chi connectivity index (χ1n) is 10.8. The van der Waals surface area contributed by atoms with Gasteiger partial charge in [0.2, 0.25) is 5.91 Å². The van der Waals surface area contributed by atoms with Crippen LogP contribution in [0.25, 0.3) is 0 Å². The summed E-state index contributed by atoms with van der Waals surface area (Å²) >= 11 is 18.0. The normalized spacial score (nSPS) is 25.5. The van der Waals surface area contributed by atoms with Crippen LogP contribution in [0.3, 0.4) is 0 Å². The van der Waals surface area contributed by atoms with Crippen molar-refractivity contribution in [1.29, 1.82) is 0 Å². The third-order valence-electron chi connectivity index (χ3n) is 7.91. The van der Waals surface area contributed by atoms with Crippen molar-refractivity contribution in [1.82, 2.24) is 0 Å². The summed E-state index contributed by atoms with van der Waals surface area (Å²) in [6.07, 6.45) is 1.60. The fourth-order valence-corrected chi connectivity index (χ4v) is 6.04. The topological polar surface area (TPSA) is 111 Å². The van der Waals surface area contributed by atoms with E-state index in [1.807, 2.05) is 20.8 Å². The molecule has 2 saturated carbocycles. The molecule has 2 atom stereocenters. The second kappa shape index (κ2) is 8.76. The molecule has 2 aliphatic carbocycles. The van der Waals surface area contributed by atoms with Crippen molar-refractivity contribution in [3.05, 3.63) is 67.1 Å². The molecule has 8 nitrogen and oxygen atoms in total. The summed E-state index contributed by atoms with van der Waals surface area (Å²) in [7, 11) is 0. The number of nitro benzene ring substituents is 1. The third-order valence-corrected chi connectivity index (χ3v) is 8.66. The number of fused-ring (bicyclic) bond motifs is 2. The first-order chi connectivity index (χ1) is 16.3. The van der Waals surface area contributed by atoms with Gasteiger partial charge in [-0.1, -0.05) is 60.7 Å².